The van der Waals surface area contributed by atoms with Gasteiger partial charge >= 0.3 is 0 Å². The Kier molecular flexibility index (Phi) is 8.27. The summed E-state index contributed by atoms with van der Waals surface area (Å²) in [5.74, 6) is 1.78. The highest BCUT2D eigenvalue weighted by Gasteiger charge is 2.37. The average molecular weight is 512 g/mol. The van der Waals surface area contributed by atoms with Gasteiger partial charge in [0.2, 0.25) is 11.5 Å². The Morgan fingerprint density at radius 2 is 1.59 bits per heavy atom. The predicted molar refractivity (Wildman–Crippen MR) is 134 cm³/mol. The first-order valence-corrected chi connectivity index (χ1v) is 11.8. The van der Waals surface area contributed by atoms with Gasteiger partial charge in [0, 0.05) is 18.2 Å². The third-order valence-corrected chi connectivity index (χ3v) is 6.24. The van der Waals surface area contributed by atoms with Crippen LogP contribution in [-0.2, 0) is 11.2 Å². The Morgan fingerprint density at radius 3 is 2.19 bits per heavy atom. The van der Waals surface area contributed by atoms with Crippen molar-refractivity contribution < 1.29 is 43.7 Å². The Labute approximate surface area is 215 Å². The van der Waals surface area contributed by atoms with E-state index in [9.17, 15) is 15.3 Å². The lowest BCUT2D eigenvalue weighted by molar-refractivity contribution is -0.00184. The van der Waals surface area contributed by atoms with Crippen molar-refractivity contribution in [2.45, 2.75) is 25.0 Å². The predicted octanol–water partition coefficient (Wildman–Crippen LogP) is 4.10. The van der Waals surface area contributed by atoms with Crippen molar-refractivity contribution in [3.63, 3.8) is 0 Å². The molecule has 0 fully saturated rings. The van der Waals surface area contributed by atoms with Gasteiger partial charge in [-0.1, -0.05) is 6.07 Å². The van der Waals surface area contributed by atoms with Gasteiger partial charge < -0.3 is 43.7 Å². The number of aromatic hydroxyl groups is 1. The molecule has 4 rings (SSSR count). The van der Waals surface area contributed by atoms with E-state index in [-0.39, 0.29) is 36.2 Å². The van der Waals surface area contributed by atoms with Gasteiger partial charge in [-0.3, -0.25) is 0 Å². The summed E-state index contributed by atoms with van der Waals surface area (Å²) in [5.41, 5.74) is 3.32. The average Bonchev–Trinajstić information content (AvgIpc) is 3.30. The molecule has 2 unspecified atom stereocenters. The van der Waals surface area contributed by atoms with Crippen LogP contribution in [0.4, 0.5) is 0 Å². The van der Waals surface area contributed by atoms with Crippen LogP contribution >= 0.6 is 0 Å². The van der Waals surface area contributed by atoms with Gasteiger partial charge in [0.15, 0.2) is 23.0 Å². The number of fused-ring (bicyclic) bond motifs is 1. The van der Waals surface area contributed by atoms with E-state index in [4.69, 9.17) is 28.4 Å². The highest BCUT2D eigenvalue weighted by molar-refractivity contribution is 5.61. The van der Waals surface area contributed by atoms with Gasteiger partial charge in [0.1, 0.15) is 18.0 Å². The van der Waals surface area contributed by atoms with Crippen LogP contribution in [0.25, 0.3) is 0 Å². The second-order valence-electron chi connectivity index (χ2n) is 8.40. The number of hydrogen-bond acceptors (Lipinski definition) is 9. The Balaban J connectivity index is 1.79. The maximum Gasteiger partial charge on any atom is 0.211 e. The third-order valence-electron chi connectivity index (χ3n) is 6.24. The number of methoxy groups -OCH3 is 4. The number of phenols is 1. The molecule has 0 spiro atoms. The van der Waals surface area contributed by atoms with Gasteiger partial charge in [0.25, 0.3) is 0 Å². The van der Waals surface area contributed by atoms with Crippen LogP contribution in [0.2, 0.25) is 0 Å². The molecule has 2 atom stereocenters. The Morgan fingerprint density at radius 1 is 0.892 bits per heavy atom. The smallest absolute Gasteiger partial charge is 0.211 e. The third kappa shape index (κ3) is 5.11. The molecule has 1 aliphatic rings. The zero-order chi connectivity index (χ0) is 26.5. The number of aliphatic hydroxyl groups is 2. The molecule has 3 N–H and O–H groups in total. The number of aryl methyl sites for hydroxylation is 1. The molecule has 0 aliphatic carbocycles. The van der Waals surface area contributed by atoms with E-state index >= 15 is 0 Å². The lowest BCUT2D eigenvalue weighted by atomic mass is 9.93. The molecule has 197 valence electrons. The monoisotopic (exact) mass is 511 g/mol. The maximum absolute atomic E-state index is 10.1. The van der Waals surface area contributed by atoms with E-state index in [1.807, 2.05) is 12.1 Å². The van der Waals surface area contributed by atoms with Crippen molar-refractivity contribution in [1.29, 1.82) is 0 Å². The van der Waals surface area contributed by atoms with Crippen LogP contribution in [-0.4, -0.2) is 57.0 Å². The van der Waals surface area contributed by atoms with Gasteiger partial charge in [-0.2, -0.15) is 0 Å². The zero-order valence-corrected chi connectivity index (χ0v) is 21.2. The topological polar surface area (TPSA) is 116 Å². The van der Waals surface area contributed by atoms with Crippen LogP contribution in [0.1, 0.15) is 40.9 Å². The zero-order valence-electron chi connectivity index (χ0n) is 21.2. The van der Waals surface area contributed by atoms with Crippen molar-refractivity contribution in [2.75, 3.05) is 41.7 Å². The van der Waals surface area contributed by atoms with Crippen LogP contribution in [0.5, 0.6) is 40.2 Å². The second-order valence-corrected chi connectivity index (χ2v) is 8.40. The van der Waals surface area contributed by atoms with E-state index in [1.54, 1.807) is 19.2 Å². The molecule has 9 nitrogen and oxygen atoms in total. The summed E-state index contributed by atoms with van der Waals surface area (Å²) >= 11 is 0. The van der Waals surface area contributed by atoms with Crippen LogP contribution < -0.4 is 23.7 Å². The number of rotatable bonds is 11. The molecule has 0 saturated carbocycles. The summed E-state index contributed by atoms with van der Waals surface area (Å²) in [5, 5.41) is 29.4. The first-order chi connectivity index (χ1) is 18.0. The minimum Gasteiger partial charge on any atom is -0.504 e. The molecule has 0 aromatic heterocycles. The largest absolute Gasteiger partial charge is 0.504 e. The summed E-state index contributed by atoms with van der Waals surface area (Å²) in [6.45, 7) is -0.124. The molecule has 3 aromatic carbocycles. The highest BCUT2D eigenvalue weighted by atomic mass is 16.6. The molecule has 0 amide bonds. The minimum absolute atomic E-state index is 0.0855. The van der Waals surface area contributed by atoms with E-state index in [0.29, 0.717) is 35.7 Å². The molecule has 1 aliphatic heterocycles. The normalized spacial score (nSPS) is 16.3. The molecule has 1 radical (unpaired) electrons. The standard InChI is InChI=1S/C28H31O9/c1-32-21-12-16(7-6-10-29)11-18-24(15-30)37-26(25(18)21)17-13-22(33-2)28(23(14-17)34-3)36-20-9-5-8-19(31)27(20)35-4/h5,8,11-14,24,26,29-31H,6-7,10,15H2,1-4H3. The Bertz CT molecular complexity index is 1220. The van der Waals surface area contributed by atoms with Crippen molar-refractivity contribution in [2.24, 2.45) is 0 Å². The minimum atomic E-state index is -0.576. The number of hydrogen-bond donors (Lipinski definition) is 3. The van der Waals surface area contributed by atoms with E-state index < -0.39 is 12.2 Å². The van der Waals surface area contributed by atoms with E-state index in [1.165, 1.54) is 33.5 Å². The van der Waals surface area contributed by atoms with Crippen molar-refractivity contribution >= 4 is 0 Å². The molecule has 0 saturated heterocycles. The van der Waals surface area contributed by atoms with Crippen LogP contribution in [0.3, 0.4) is 0 Å². The summed E-state index contributed by atoms with van der Waals surface area (Å²) < 4.78 is 34.6. The van der Waals surface area contributed by atoms with E-state index in [0.717, 1.165) is 16.7 Å². The fraction of sp³-hybridized carbons (Fsp3) is 0.357. The lowest BCUT2D eigenvalue weighted by Gasteiger charge is -2.20. The van der Waals surface area contributed by atoms with Crippen molar-refractivity contribution in [3.05, 3.63) is 64.7 Å². The maximum atomic E-state index is 10.1. The molecule has 37 heavy (non-hydrogen) atoms. The summed E-state index contributed by atoms with van der Waals surface area (Å²) in [4.78, 5) is 0. The molecular weight excluding hydrogens is 480 g/mol. The lowest BCUT2D eigenvalue weighted by Crippen LogP contribution is -2.05. The van der Waals surface area contributed by atoms with Gasteiger partial charge in [-0.15, -0.1) is 0 Å². The molecule has 1 heterocycles. The Hall–Kier alpha value is -3.66. The fourth-order valence-corrected chi connectivity index (χ4v) is 4.52. The number of ether oxygens (including phenoxy) is 6. The van der Waals surface area contributed by atoms with Crippen LogP contribution in [0.15, 0.2) is 36.4 Å². The molecular formula is C28H31O9. The number of aliphatic hydroxyl groups excluding tert-OH is 2. The van der Waals surface area contributed by atoms with Crippen molar-refractivity contribution in [1.82, 2.24) is 0 Å². The van der Waals surface area contributed by atoms with Crippen LogP contribution in [0, 0.1) is 6.07 Å². The van der Waals surface area contributed by atoms with Gasteiger partial charge in [-0.25, -0.2) is 0 Å². The fourth-order valence-electron chi connectivity index (χ4n) is 4.52. The summed E-state index contributed by atoms with van der Waals surface area (Å²) in [6, 6.07) is 13.3. The number of phenolic OH excluding ortho intramolecular Hbond substituents is 1. The summed E-state index contributed by atoms with van der Waals surface area (Å²) in [6.07, 6.45) is 0.161. The SMILES string of the molecule is COc1cc(C2OC(CO)c3cc(CCCO)cc(OC)c32)cc(OC)c1Oc1[c]ccc(O)c1OC. The molecule has 0 bridgehead atoms. The van der Waals surface area contributed by atoms with E-state index in [2.05, 4.69) is 6.07 Å². The molecule has 3 aromatic rings. The highest BCUT2D eigenvalue weighted by Crippen LogP contribution is 2.51. The van der Waals surface area contributed by atoms with Gasteiger partial charge in [0.05, 0.1) is 35.0 Å². The van der Waals surface area contributed by atoms with Crippen molar-refractivity contribution in [3.8, 4) is 40.2 Å². The summed E-state index contributed by atoms with van der Waals surface area (Å²) in [7, 11) is 6.01. The quantitative estimate of drug-likeness (QED) is 0.350. The molecule has 9 heteroatoms. The van der Waals surface area contributed by atoms with Gasteiger partial charge in [-0.05, 0) is 59.9 Å². The second kappa shape index (κ2) is 11.6. The number of benzene rings is 3. The first kappa shape index (κ1) is 26.4. The first-order valence-electron chi connectivity index (χ1n) is 11.8.